The molecule has 0 N–H and O–H groups in total. The smallest absolute Gasteiger partial charge is 0.0787 e. The topological polar surface area (TPSA) is 12.9 Å². The molecule has 4 aromatic carbocycles. The van der Waals surface area contributed by atoms with Crippen LogP contribution in [0.4, 0.5) is 0 Å². The number of nitrogens with zero attached hydrogens (tertiary/aromatic N) is 1. The van der Waals surface area contributed by atoms with Crippen molar-refractivity contribution in [2.45, 2.75) is 105 Å². The van der Waals surface area contributed by atoms with E-state index in [0.29, 0.717) is 0 Å². The lowest BCUT2D eigenvalue weighted by Gasteiger charge is -2.24. The lowest BCUT2D eigenvalue weighted by molar-refractivity contribution is 0.590. The van der Waals surface area contributed by atoms with Crippen LogP contribution in [0.15, 0.2) is 103 Å². The molecule has 0 amide bonds. The zero-order valence-electron chi connectivity index (χ0n) is 29.5. The summed E-state index contributed by atoms with van der Waals surface area (Å²) in [4.78, 5) is 5.36. The highest BCUT2D eigenvalue weighted by Gasteiger charge is 2.24. The van der Waals surface area contributed by atoms with Crippen molar-refractivity contribution in [1.29, 1.82) is 0 Å². The Morgan fingerprint density at radius 2 is 0.935 bits per heavy atom. The molecule has 1 heteroatoms. The number of aryl methyl sites for hydroxylation is 2. The first-order valence-corrected chi connectivity index (χ1v) is 17.4. The van der Waals surface area contributed by atoms with E-state index in [2.05, 4.69) is 159 Å². The number of hydrogen-bond donors (Lipinski definition) is 0. The monoisotopic (exact) mass is 607 g/mol. The molecule has 0 aliphatic rings. The maximum absolute atomic E-state index is 5.36. The molecular formula is C45H53N. The van der Waals surface area contributed by atoms with Gasteiger partial charge in [0.05, 0.1) is 5.69 Å². The molecule has 238 valence electrons. The van der Waals surface area contributed by atoms with Crippen molar-refractivity contribution in [1.82, 2.24) is 4.98 Å². The fourth-order valence-corrected chi connectivity index (χ4v) is 6.48. The second-order valence-corrected chi connectivity index (χ2v) is 14.9. The third kappa shape index (κ3) is 7.36. The summed E-state index contributed by atoms with van der Waals surface area (Å²) in [6.07, 6.45) is 8.97. The SMILES string of the molecule is CCCCc1ccccc1-c1cnc(-c2ccc(C(C)(C)C)cc2)c(-c2ccc(C(C)(C)C)cc2)c1-c1ccccc1CCCC. The van der Waals surface area contributed by atoms with Gasteiger partial charge in [-0.25, -0.2) is 0 Å². The van der Waals surface area contributed by atoms with E-state index in [9.17, 15) is 0 Å². The molecule has 1 nitrogen and oxygen atoms in total. The Labute approximate surface area is 279 Å². The molecule has 0 unspecified atom stereocenters. The molecule has 1 aromatic heterocycles. The van der Waals surface area contributed by atoms with Crippen molar-refractivity contribution < 1.29 is 0 Å². The molecule has 0 aliphatic heterocycles. The molecule has 0 bridgehead atoms. The number of rotatable bonds is 10. The molecule has 1 heterocycles. The van der Waals surface area contributed by atoms with E-state index in [1.165, 1.54) is 81.3 Å². The minimum atomic E-state index is 0.0814. The summed E-state index contributed by atoms with van der Waals surface area (Å²) in [6, 6.07) is 36.5. The van der Waals surface area contributed by atoms with E-state index < -0.39 is 0 Å². The van der Waals surface area contributed by atoms with Crippen LogP contribution in [0, 0.1) is 0 Å². The van der Waals surface area contributed by atoms with Crippen molar-refractivity contribution in [2.24, 2.45) is 0 Å². The summed E-state index contributed by atoms with van der Waals surface area (Å²) < 4.78 is 0. The van der Waals surface area contributed by atoms with Gasteiger partial charge < -0.3 is 0 Å². The minimum Gasteiger partial charge on any atom is -0.255 e. The Morgan fingerprint density at radius 3 is 1.43 bits per heavy atom. The highest BCUT2D eigenvalue weighted by atomic mass is 14.7. The van der Waals surface area contributed by atoms with Crippen LogP contribution in [0.5, 0.6) is 0 Å². The quantitative estimate of drug-likeness (QED) is 0.154. The third-order valence-electron chi connectivity index (χ3n) is 9.34. The van der Waals surface area contributed by atoms with Crippen LogP contribution in [-0.2, 0) is 23.7 Å². The Hall–Kier alpha value is -3.97. The predicted octanol–water partition coefficient (Wildman–Crippen LogP) is 13.0. The van der Waals surface area contributed by atoms with Gasteiger partial charge in [0.15, 0.2) is 0 Å². The van der Waals surface area contributed by atoms with Gasteiger partial charge in [-0.3, -0.25) is 4.98 Å². The van der Waals surface area contributed by atoms with Gasteiger partial charge in [-0.05, 0) is 75.5 Å². The number of hydrogen-bond acceptors (Lipinski definition) is 1. The first kappa shape index (κ1) is 33.4. The molecule has 0 spiro atoms. The fraction of sp³-hybridized carbons (Fsp3) is 0.356. The highest BCUT2D eigenvalue weighted by Crippen LogP contribution is 2.47. The lowest BCUT2D eigenvalue weighted by atomic mass is 9.81. The van der Waals surface area contributed by atoms with Gasteiger partial charge in [0, 0.05) is 28.5 Å². The van der Waals surface area contributed by atoms with Gasteiger partial charge in [0.1, 0.15) is 0 Å². The third-order valence-corrected chi connectivity index (χ3v) is 9.34. The van der Waals surface area contributed by atoms with Crippen molar-refractivity contribution in [3.63, 3.8) is 0 Å². The van der Waals surface area contributed by atoms with Gasteiger partial charge >= 0.3 is 0 Å². The van der Waals surface area contributed by atoms with Crippen LogP contribution in [-0.4, -0.2) is 4.98 Å². The molecule has 46 heavy (non-hydrogen) atoms. The molecule has 0 radical (unpaired) electrons. The molecule has 0 fully saturated rings. The highest BCUT2D eigenvalue weighted by molar-refractivity contribution is 6.01. The van der Waals surface area contributed by atoms with Crippen LogP contribution in [0.1, 0.15) is 103 Å². The van der Waals surface area contributed by atoms with Crippen LogP contribution in [0.25, 0.3) is 44.6 Å². The fourth-order valence-electron chi connectivity index (χ4n) is 6.48. The van der Waals surface area contributed by atoms with Crippen molar-refractivity contribution in [3.8, 4) is 44.6 Å². The Bertz CT molecular complexity index is 1740. The first-order chi connectivity index (χ1) is 22.0. The molecule has 0 saturated carbocycles. The van der Waals surface area contributed by atoms with Crippen LogP contribution in [0.3, 0.4) is 0 Å². The maximum atomic E-state index is 5.36. The first-order valence-electron chi connectivity index (χ1n) is 17.4. The van der Waals surface area contributed by atoms with E-state index >= 15 is 0 Å². The standard InChI is InChI=1S/C45H53N/c1-9-11-17-32-19-13-15-21-38(32)40-31-46-43(35-25-29-37(30-26-35)45(6,7)8)41(34-23-27-36(28-24-34)44(3,4)5)42(40)39-22-16-14-20-33(39)18-12-10-2/h13-16,19-31H,9-12,17-18H2,1-8H3. The number of unbranched alkanes of at least 4 members (excludes halogenated alkanes) is 2. The summed E-state index contributed by atoms with van der Waals surface area (Å²) in [7, 11) is 0. The van der Waals surface area contributed by atoms with Crippen LogP contribution in [0.2, 0.25) is 0 Å². The van der Waals surface area contributed by atoms with E-state index in [1.807, 2.05) is 0 Å². The Balaban J connectivity index is 1.89. The summed E-state index contributed by atoms with van der Waals surface area (Å²) in [6.45, 7) is 18.2. The molecule has 0 aliphatic carbocycles. The second kappa shape index (κ2) is 14.2. The van der Waals surface area contributed by atoms with Crippen molar-refractivity contribution in [3.05, 3.63) is 126 Å². The average Bonchev–Trinajstić information content (AvgIpc) is 3.05. The lowest BCUT2D eigenvalue weighted by Crippen LogP contribution is -2.11. The Morgan fingerprint density at radius 1 is 0.478 bits per heavy atom. The van der Waals surface area contributed by atoms with Crippen molar-refractivity contribution >= 4 is 0 Å². The summed E-state index contributed by atoms with van der Waals surface area (Å²) in [5.74, 6) is 0. The van der Waals surface area contributed by atoms with Crippen LogP contribution >= 0.6 is 0 Å². The van der Waals surface area contributed by atoms with Gasteiger partial charge in [0.2, 0.25) is 0 Å². The van der Waals surface area contributed by atoms with Gasteiger partial charge in [-0.15, -0.1) is 0 Å². The van der Waals surface area contributed by atoms with Gasteiger partial charge in [-0.2, -0.15) is 0 Å². The minimum absolute atomic E-state index is 0.0814. The second-order valence-electron chi connectivity index (χ2n) is 14.9. The summed E-state index contributed by atoms with van der Waals surface area (Å²) in [5, 5.41) is 0. The van der Waals surface area contributed by atoms with E-state index in [1.54, 1.807) is 0 Å². The molecule has 5 rings (SSSR count). The molecule has 5 aromatic rings. The molecular weight excluding hydrogens is 555 g/mol. The summed E-state index contributed by atoms with van der Waals surface area (Å²) in [5.41, 5.74) is 15.4. The van der Waals surface area contributed by atoms with Crippen LogP contribution < -0.4 is 0 Å². The normalized spacial score (nSPS) is 12.0. The van der Waals surface area contributed by atoms with Gasteiger partial charge in [0.25, 0.3) is 0 Å². The molecule has 0 saturated heterocycles. The zero-order valence-corrected chi connectivity index (χ0v) is 29.5. The number of benzene rings is 4. The van der Waals surface area contributed by atoms with E-state index in [4.69, 9.17) is 4.98 Å². The summed E-state index contributed by atoms with van der Waals surface area (Å²) >= 11 is 0. The predicted molar refractivity (Wildman–Crippen MR) is 201 cm³/mol. The van der Waals surface area contributed by atoms with E-state index in [-0.39, 0.29) is 10.8 Å². The number of aromatic nitrogens is 1. The number of pyridine rings is 1. The van der Waals surface area contributed by atoms with Gasteiger partial charge in [-0.1, -0.05) is 165 Å². The average molecular weight is 608 g/mol. The molecule has 0 atom stereocenters. The van der Waals surface area contributed by atoms with Crippen molar-refractivity contribution in [2.75, 3.05) is 0 Å². The zero-order chi connectivity index (χ0) is 32.9. The van der Waals surface area contributed by atoms with E-state index in [0.717, 1.165) is 24.1 Å². The Kier molecular flexibility index (Phi) is 10.3. The largest absolute Gasteiger partial charge is 0.255 e. The maximum Gasteiger partial charge on any atom is 0.0787 e.